The predicted octanol–water partition coefficient (Wildman–Crippen LogP) is -0.403. The average molecular weight is 455 g/mol. The minimum atomic E-state index is -0.543. The zero-order chi connectivity index (χ0) is 21.5. The second-order valence-corrected chi connectivity index (χ2v) is 9.51. The topological polar surface area (TPSA) is 89.3 Å². The summed E-state index contributed by atoms with van der Waals surface area (Å²) in [6.07, 6.45) is 4.91. The molecule has 9 heteroatoms. The Hall–Kier alpha value is -1.67. The Kier molecular flexibility index (Phi) is 6.08. The summed E-state index contributed by atoms with van der Waals surface area (Å²) in [5.74, 6) is -0.681. The van der Waals surface area contributed by atoms with Gasteiger partial charge in [-0.05, 0) is 37.5 Å². The summed E-state index contributed by atoms with van der Waals surface area (Å²) >= 11 is 12.0. The van der Waals surface area contributed by atoms with Crippen LogP contribution < -0.4 is 20.4 Å². The van der Waals surface area contributed by atoms with Gasteiger partial charge in [0.2, 0.25) is 5.91 Å². The Morgan fingerprint density at radius 2 is 1.70 bits per heavy atom. The maximum Gasteiger partial charge on any atom is 0.292 e. The molecule has 7 nitrogen and oxygen atoms in total. The summed E-state index contributed by atoms with van der Waals surface area (Å²) in [7, 11) is 0. The maximum atomic E-state index is 13.1. The van der Waals surface area contributed by atoms with Crippen molar-refractivity contribution in [1.29, 1.82) is 0 Å². The largest absolute Gasteiger partial charge is 0.364 e. The van der Waals surface area contributed by atoms with E-state index in [-0.39, 0.29) is 24.1 Å². The second kappa shape index (κ2) is 8.46. The number of hydrogen-bond donors (Lipinski definition) is 3. The quantitative estimate of drug-likeness (QED) is 0.540. The number of carbonyl (C=O) groups excluding carboxylic acids is 3. The minimum Gasteiger partial charge on any atom is -0.364 e. The molecule has 3 aliphatic heterocycles. The molecular weight excluding hydrogens is 427 g/mol. The molecule has 0 bridgehead atoms. The number of rotatable bonds is 4. The first-order valence-corrected chi connectivity index (χ1v) is 11.4. The fraction of sp³-hybridized carbons (Fsp3) is 0.571. The number of benzene rings is 1. The van der Waals surface area contributed by atoms with Crippen LogP contribution in [-0.2, 0) is 14.4 Å². The van der Waals surface area contributed by atoms with Gasteiger partial charge in [0.25, 0.3) is 11.8 Å². The van der Waals surface area contributed by atoms with E-state index in [1.54, 1.807) is 18.2 Å². The molecule has 0 saturated carbocycles. The van der Waals surface area contributed by atoms with Crippen LogP contribution in [0.1, 0.15) is 38.5 Å². The van der Waals surface area contributed by atoms with Crippen LogP contribution in [-0.4, -0.2) is 55.5 Å². The molecule has 0 aromatic heterocycles. The van der Waals surface area contributed by atoms with Gasteiger partial charge in [-0.15, -0.1) is 0 Å². The van der Waals surface area contributed by atoms with Gasteiger partial charge in [0.15, 0.2) is 11.6 Å². The molecule has 4 N–H and O–H groups in total. The molecule has 0 spiro atoms. The molecule has 30 heavy (non-hydrogen) atoms. The number of anilines is 1. The third kappa shape index (κ3) is 3.73. The average Bonchev–Trinajstić information content (AvgIpc) is 3.04. The highest BCUT2D eigenvalue weighted by atomic mass is 35.5. The molecule has 1 aromatic carbocycles. The minimum absolute atomic E-state index is 0.161. The van der Waals surface area contributed by atoms with Crippen LogP contribution in [0.5, 0.6) is 0 Å². The van der Waals surface area contributed by atoms with Crippen molar-refractivity contribution in [2.45, 2.75) is 50.1 Å². The van der Waals surface area contributed by atoms with Gasteiger partial charge < -0.3 is 15.5 Å². The monoisotopic (exact) mass is 454 g/mol. The summed E-state index contributed by atoms with van der Waals surface area (Å²) in [5, 5.41) is 0.681. The van der Waals surface area contributed by atoms with Crippen molar-refractivity contribution in [2.75, 3.05) is 31.1 Å². The van der Waals surface area contributed by atoms with Gasteiger partial charge in [-0.1, -0.05) is 23.2 Å². The van der Waals surface area contributed by atoms with E-state index in [4.69, 9.17) is 28.9 Å². The van der Waals surface area contributed by atoms with Crippen molar-refractivity contribution in [2.24, 2.45) is 5.73 Å². The predicted molar refractivity (Wildman–Crippen MR) is 114 cm³/mol. The maximum absolute atomic E-state index is 13.1. The van der Waals surface area contributed by atoms with E-state index in [1.165, 1.54) is 16.2 Å². The van der Waals surface area contributed by atoms with Crippen LogP contribution in [0, 0.1) is 0 Å². The van der Waals surface area contributed by atoms with E-state index in [2.05, 4.69) is 0 Å². The molecule has 3 heterocycles. The number of nitrogens with two attached hydrogens (primary N) is 1. The number of quaternary nitrogens is 2. The van der Waals surface area contributed by atoms with Crippen LogP contribution >= 0.6 is 23.2 Å². The molecule has 4 rings (SSSR count). The highest BCUT2D eigenvalue weighted by Gasteiger charge is 2.54. The lowest BCUT2D eigenvalue weighted by Gasteiger charge is -2.44. The van der Waals surface area contributed by atoms with E-state index < -0.39 is 11.6 Å². The van der Waals surface area contributed by atoms with E-state index in [0.29, 0.717) is 41.7 Å². The van der Waals surface area contributed by atoms with Crippen molar-refractivity contribution >= 4 is 46.6 Å². The number of halogens is 2. The summed E-state index contributed by atoms with van der Waals surface area (Å²) < 4.78 is 0. The first-order valence-electron chi connectivity index (χ1n) is 10.6. The molecule has 162 valence electrons. The van der Waals surface area contributed by atoms with Crippen molar-refractivity contribution in [1.82, 2.24) is 0 Å². The summed E-state index contributed by atoms with van der Waals surface area (Å²) in [5.41, 5.74) is 5.79. The van der Waals surface area contributed by atoms with Crippen LogP contribution in [0.2, 0.25) is 10.0 Å². The number of piperidine rings is 2. The number of amides is 3. The first kappa shape index (κ1) is 21.6. The van der Waals surface area contributed by atoms with Gasteiger partial charge in [-0.3, -0.25) is 14.4 Å². The molecule has 3 aliphatic rings. The number of nitrogens with zero attached hydrogens (tertiary/aromatic N) is 1. The van der Waals surface area contributed by atoms with E-state index >= 15 is 0 Å². The van der Waals surface area contributed by atoms with Crippen LogP contribution in [0.25, 0.3) is 0 Å². The molecule has 3 saturated heterocycles. The van der Waals surface area contributed by atoms with E-state index in [9.17, 15) is 14.4 Å². The Morgan fingerprint density at radius 1 is 1.03 bits per heavy atom. The third-order valence-corrected chi connectivity index (χ3v) is 7.89. The summed E-state index contributed by atoms with van der Waals surface area (Å²) in [6, 6.07) is 4.33. The Labute approximate surface area is 186 Å². The normalized spacial score (nSPS) is 30.7. The molecule has 0 unspecified atom stereocenters. The highest BCUT2D eigenvalue weighted by molar-refractivity contribution is 6.42. The number of hydrogen-bond acceptors (Lipinski definition) is 3. The van der Waals surface area contributed by atoms with Crippen LogP contribution in [0.4, 0.5) is 5.69 Å². The number of imide groups is 1. The third-order valence-electron chi connectivity index (χ3n) is 7.15. The fourth-order valence-electron chi connectivity index (χ4n) is 5.42. The standard InChI is InChI=1S/C21H26Cl2N4O3/c22-15-5-4-14(12-16(15)23)27-18(28)13-17(19(27)29)25-10-6-21(7-11-25,20(24)30)26-8-2-1-3-9-26/h4-5,12,17H,1-3,6-11,13H2,(H2,24,30)/p+2/t17-/m1/s1. The molecular formula is C21H28Cl2N4O3+2. The van der Waals surface area contributed by atoms with Gasteiger partial charge in [-0.2, -0.15) is 0 Å². The van der Waals surface area contributed by atoms with Gasteiger partial charge >= 0.3 is 0 Å². The van der Waals surface area contributed by atoms with Gasteiger partial charge in [0.05, 0.1) is 61.2 Å². The summed E-state index contributed by atoms with van der Waals surface area (Å²) in [4.78, 5) is 41.8. The zero-order valence-electron chi connectivity index (χ0n) is 16.9. The van der Waals surface area contributed by atoms with Gasteiger partial charge in [-0.25, -0.2) is 4.90 Å². The first-order chi connectivity index (χ1) is 14.3. The van der Waals surface area contributed by atoms with E-state index in [1.807, 2.05) is 0 Å². The van der Waals surface area contributed by atoms with Crippen molar-refractivity contribution in [3.05, 3.63) is 28.2 Å². The second-order valence-electron chi connectivity index (χ2n) is 8.69. The number of nitrogens with one attached hydrogen (secondary N) is 2. The lowest BCUT2D eigenvalue weighted by molar-refractivity contribution is -0.978. The van der Waals surface area contributed by atoms with Crippen molar-refractivity contribution in [3.8, 4) is 0 Å². The zero-order valence-corrected chi connectivity index (χ0v) is 18.4. The highest BCUT2D eigenvalue weighted by Crippen LogP contribution is 2.30. The molecule has 0 aliphatic carbocycles. The fourth-order valence-corrected chi connectivity index (χ4v) is 5.72. The molecule has 3 amide bonds. The van der Waals surface area contributed by atoms with Crippen LogP contribution in [0.15, 0.2) is 18.2 Å². The summed E-state index contributed by atoms with van der Waals surface area (Å²) in [6.45, 7) is 3.27. The SMILES string of the molecule is NC(=O)C1([NH+]2CCCCC2)CC[NH+]([C@@H]2CC(=O)N(c3ccc(Cl)c(Cl)c3)C2=O)CC1. The molecule has 1 aromatic rings. The van der Waals surface area contributed by atoms with E-state index in [0.717, 1.165) is 30.8 Å². The Bertz CT molecular complexity index is 864. The lowest BCUT2D eigenvalue weighted by Crippen LogP contribution is -3.27. The van der Waals surface area contributed by atoms with Gasteiger partial charge in [0.1, 0.15) is 0 Å². The molecule has 0 radical (unpaired) electrons. The Balaban J connectivity index is 1.48. The number of carbonyl (C=O) groups is 3. The lowest BCUT2D eigenvalue weighted by atomic mass is 9.83. The molecule has 3 fully saturated rings. The van der Waals surface area contributed by atoms with Crippen LogP contribution in [0.3, 0.4) is 0 Å². The van der Waals surface area contributed by atoms with Gasteiger partial charge in [0, 0.05) is 0 Å². The Morgan fingerprint density at radius 3 is 2.30 bits per heavy atom. The molecule has 1 atom stereocenters. The number of likely N-dealkylation sites (tertiary alicyclic amines) is 2. The van der Waals surface area contributed by atoms with Crippen molar-refractivity contribution < 1.29 is 24.2 Å². The van der Waals surface area contributed by atoms with Crippen molar-refractivity contribution in [3.63, 3.8) is 0 Å². The smallest absolute Gasteiger partial charge is 0.292 e. The number of primary amides is 1.